The van der Waals surface area contributed by atoms with Crippen molar-refractivity contribution in [2.75, 3.05) is 5.75 Å². The van der Waals surface area contributed by atoms with E-state index in [-0.39, 0.29) is 34.8 Å². The third-order valence-corrected chi connectivity index (χ3v) is 7.88. The van der Waals surface area contributed by atoms with Gasteiger partial charge in [0.25, 0.3) is 11.8 Å². The molecular formula is C27H25ClFN3O4S. The van der Waals surface area contributed by atoms with Crippen LogP contribution in [0.2, 0.25) is 5.02 Å². The number of hydrogen-bond donors (Lipinski definition) is 3. The molecule has 5 rings (SSSR count). The molecule has 1 aromatic heterocycles. The van der Waals surface area contributed by atoms with E-state index in [0.29, 0.717) is 36.5 Å². The number of phenolic OH excluding ortho intramolecular Hbond substituents is 1. The molecule has 1 aliphatic carbocycles. The van der Waals surface area contributed by atoms with Gasteiger partial charge in [-0.15, -0.1) is 11.8 Å². The number of thioether (sulfide) groups is 1. The fraction of sp³-hybridized carbons (Fsp3) is 0.296. The molecule has 7 nitrogen and oxygen atoms in total. The summed E-state index contributed by atoms with van der Waals surface area (Å²) in [6.07, 6.45) is 4.56. The molecule has 3 N–H and O–H groups in total. The highest BCUT2D eigenvalue weighted by Crippen LogP contribution is 2.35. The molecule has 1 aliphatic heterocycles. The maximum Gasteiger partial charge on any atom is 0.257 e. The number of hydrogen-bond acceptors (Lipinski definition) is 6. The van der Waals surface area contributed by atoms with Crippen molar-refractivity contribution in [3.63, 3.8) is 0 Å². The lowest BCUT2D eigenvalue weighted by molar-refractivity contribution is 0.0888. The topological polar surface area (TPSA) is 101 Å². The monoisotopic (exact) mass is 541 g/mol. The number of carbonyl (C=O) groups is 2. The Kier molecular flexibility index (Phi) is 7.53. The number of rotatable bonds is 6. The minimum Gasteiger partial charge on any atom is -0.507 e. The van der Waals surface area contributed by atoms with E-state index in [0.717, 1.165) is 29.3 Å². The molecule has 0 saturated heterocycles. The standard InChI is InChI=1S/C27H25ClFN3O4S/c28-16-2-8-23(33)21(11-16)25(34)31-18-3-5-19(6-4-18)32-26(35)22-12-17(29)14-30-27(22)36-20-7-1-15-9-10-37-24(15)13-20/h1-2,7-8,11-14,18-19,33H,3-6,9-10H2,(H,31,34)(H,32,35). The van der Waals surface area contributed by atoms with Crippen LogP contribution >= 0.6 is 23.4 Å². The summed E-state index contributed by atoms with van der Waals surface area (Å²) in [5.41, 5.74) is 1.41. The minimum absolute atomic E-state index is 0.0278. The Labute approximate surface area is 222 Å². The zero-order chi connectivity index (χ0) is 25.9. The first-order valence-corrected chi connectivity index (χ1v) is 13.4. The van der Waals surface area contributed by atoms with Gasteiger partial charge in [0.05, 0.1) is 11.8 Å². The van der Waals surface area contributed by atoms with Crippen LogP contribution in [0.3, 0.4) is 0 Å². The van der Waals surface area contributed by atoms with Crippen LogP contribution in [0.4, 0.5) is 4.39 Å². The van der Waals surface area contributed by atoms with E-state index in [1.807, 2.05) is 18.2 Å². The van der Waals surface area contributed by atoms with E-state index in [1.165, 1.54) is 23.8 Å². The van der Waals surface area contributed by atoms with Crippen LogP contribution in [0.5, 0.6) is 17.4 Å². The second kappa shape index (κ2) is 11.0. The number of aromatic nitrogens is 1. The maximum atomic E-state index is 14.0. The zero-order valence-corrected chi connectivity index (χ0v) is 21.4. The normalized spacial score (nSPS) is 18.6. The van der Waals surface area contributed by atoms with Gasteiger partial charge < -0.3 is 20.5 Å². The first-order chi connectivity index (χ1) is 17.9. The number of aromatic hydroxyl groups is 1. The van der Waals surface area contributed by atoms with Crippen molar-refractivity contribution in [1.29, 1.82) is 0 Å². The number of nitrogens with one attached hydrogen (secondary N) is 2. The number of fused-ring (bicyclic) bond motifs is 1. The van der Waals surface area contributed by atoms with E-state index in [4.69, 9.17) is 16.3 Å². The Morgan fingerprint density at radius 2 is 1.70 bits per heavy atom. The highest BCUT2D eigenvalue weighted by Gasteiger charge is 2.26. The lowest BCUT2D eigenvalue weighted by Crippen LogP contribution is -2.43. The summed E-state index contributed by atoms with van der Waals surface area (Å²) in [7, 11) is 0. The van der Waals surface area contributed by atoms with Crippen molar-refractivity contribution in [2.45, 2.75) is 49.1 Å². The highest BCUT2D eigenvalue weighted by molar-refractivity contribution is 7.99. The lowest BCUT2D eigenvalue weighted by atomic mass is 9.90. The summed E-state index contributed by atoms with van der Waals surface area (Å²) < 4.78 is 19.9. The molecule has 2 amide bonds. The van der Waals surface area contributed by atoms with Gasteiger partial charge in [0, 0.05) is 27.8 Å². The number of carbonyl (C=O) groups excluding carboxylic acids is 2. The van der Waals surface area contributed by atoms with E-state index < -0.39 is 17.6 Å². The van der Waals surface area contributed by atoms with Gasteiger partial charge in [-0.25, -0.2) is 9.37 Å². The van der Waals surface area contributed by atoms with Gasteiger partial charge in [0.1, 0.15) is 22.9 Å². The highest BCUT2D eigenvalue weighted by atomic mass is 35.5. The smallest absolute Gasteiger partial charge is 0.257 e. The summed E-state index contributed by atoms with van der Waals surface area (Å²) in [5, 5.41) is 16.2. The second-order valence-electron chi connectivity index (χ2n) is 9.13. The number of halogens is 2. The average molecular weight is 542 g/mol. The van der Waals surface area contributed by atoms with Crippen LogP contribution < -0.4 is 15.4 Å². The molecule has 1 fully saturated rings. The fourth-order valence-electron chi connectivity index (χ4n) is 4.59. The number of aryl methyl sites for hydroxylation is 1. The van der Waals surface area contributed by atoms with Gasteiger partial charge in [-0.05, 0) is 74.1 Å². The Morgan fingerprint density at radius 1 is 1.00 bits per heavy atom. The summed E-state index contributed by atoms with van der Waals surface area (Å²) in [5.74, 6) is -0.0109. The number of benzene rings is 2. The molecule has 0 unspecified atom stereocenters. The summed E-state index contributed by atoms with van der Waals surface area (Å²) in [4.78, 5) is 30.8. The van der Waals surface area contributed by atoms with Gasteiger partial charge in [0.15, 0.2) is 0 Å². The number of amides is 2. The molecule has 0 radical (unpaired) electrons. The van der Waals surface area contributed by atoms with Gasteiger partial charge in [-0.1, -0.05) is 17.7 Å². The molecule has 1 saturated carbocycles. The predicted molar refractivity (Wildman–Crippen MR) is 139 cm³/mol. The van der Waals surface area contributed by atoms with Crippen LogP contribution in [0.15, 0.2) is 53.6 Å². The third kappa shape index (κ3) is 5.99. The Hall–Kier alpha value is -3.30. The minimum atomic E-state index is -0.627. The fourth-order valence-corrected chi connectivity index (χ4v) is 5.86. The van der Waals surface area contributed by atoms with E-state index in [9.17, 15) is 19.1 Å². The first-order valence-electron chi connectivity index (χ1n) is 12.0. The van der Waals surface area contributed by atoms with Crippen molar-refractivity contribution < 1.29 is 23.8 Å². The number of pyridine rings is 1. The van der Waals surface area contributed by atoms with E-state index in [2.05, 4.69) is 15.6 Å². The van der Waals surface area contributed by atoms with Gasteiger partial charge in [-0.3, -0.25) is 9.59 Å². The summed E-state index contributed by atoms with van der Waals surface area (Å²) in [6, 6.07) is 10.9. The Balaban J connectivity index is 1.19. The molecule has 37 heavy (non-hydrogen) atoms. The van der Waals surface area contributed by atoms with Crippen molar-refractivity contribution in [2.24, 2.45) is 0 Å². The largest absolute Gasteiger partial charge is 0.507 e. The van der Waals surface area contributed by atoms with Crippen molar-refractivity contribution in [1.82, 2.24) is 15.6 Å². The molecule has 2 aromatic carbocycles. The Morgan fingerprint density at radius 3 is 2.43 bits per heavy atom. The van der Waals surface area contributed by atoms with Crippen LogP contribution in [0, 0.1) is 5.82 Å². The van der Waals surface area contributed by atoms with Crippen LogP contribution in [0.1, 0.15) is 52.0 Å². The number of nitrogens with zero attached hydrogens (tertiary/aromatic N) is 1. The molecule has 0 bridgehead atoms. The molecule has 192 valence electrons. The van der Waals surface area contributed by atoms with Crippen LogP contribution in [-0.4, -0.2) is 39.7 Å². The molecule has 2 heterocycles. The van der Waals surface area contributed by atoms with Crippen molar-refractivity contribution in [3.05, 3.63) is 76.2 Å². The van der Waals surface area contributed by atoms with Crippen molar-refractivity contribution >= 4 is 35.2 Å². The number of phenols is 1. The summed E-state index contributed by atoms with van der Waals surface area (Å²) in [6.45, 7) is 0. The Bertz CT molecular complexity index is 1350. The maximum absolute atomic E-state index is 14.0. The second-order valence-corrected chi connectivity index (χ2v) is 10.7. The average Bonchev–Trinajstić information content (AvgIpc) is 3.35. The van der Waals surface area contributed by atoms with Gasteiger partial charge in [0.2, 0.25) is 5.88 Å². The number of ether oxygens (including phenoxy) is 1. The third-order valence-electron chi connectivity index (χ3n) is 6.55. The quantitative estimate of drug-likeness (QED) is 0.381. The van der Waals surface area contributed by atoms with E-state index >= 15 is 0 Å². The molecule has 10 heteroatoms. The molecule has 3 aromatic rings. The first kappa shape index (κ1) is 25.4. The van der Waals surface area contributed by atoms with Gasteiger partial charge >= 0.3 is 0 Å². The lowest BCUT2D eigenvalue weighted by Gasteiger charge is -2.30. The van der Waals surface area contributed by atoms with Gasteiger partial charge in [-0.2, -0.15) is 0 Å². The molecule has 0 spiro atoms. The summed E-state index contributed by atoms with van der Waals surface area (Å²) >= 11 is 7.69. The molecule has 2 aliphatic rings. The zero-order valence-electron chi connectivity index (χ0n) is 19.8. The predicted octanol–water partition coefficient (Wildman–Crippen LogP) is 5.49. The van der Waals surface area contributed by atoms with Crippen LogP contribution in [0.25, 0.3) is 0 Å². The molecule has 0 atom stereocenters. The van der Waals surface area contributed by atoms with E-state index in [1.54, 1.807) is 11.8 Å². The SMILES string of the molecule is O=C(NC1CCC(NC(=O)c2cc(F)cnc2Oc2ccc3c(c2)SCC3)CC1)c1cc(Cl)ccc1O. The van der Waals surface area contributed by atoms with Crippen molar-refractivity contribution in [3.8, 4) is 17.4 Å². The molecular weight excluding hydrogens is 517 g/mol. The van der Waals surface area contributed by atoms with Crippen LogP contribution in [-0.2, 0) is 6.42 Å².